The van der Waals surface area contributed by atoms with Crippen molar-refractivity contribution in [3.8, 4) is 0 Å². The van der Waals surface area contributed by atoms with Crippen LogP contribution in [0.25, 0.3) is 0 Å². The van der Waals surface area contributed by atoms with E-state index in [0.29, 0.717) is 17.1 Å². The Kier molecular flexibility index (Phi) is 3.56. The predicted molar refractivity (Wildman–Crippen MR) is 46.0 cm³/mol. The molecule has 0 saturated carbocycles. The molecule has 0 bridgehead atoms. The summed E-state index contributed by atoms with van der Waals surface area (Å²) < 4.78 is 73.0. The van der Waals surface area contributed by atoms with Crippen LogP contribution >= 0.6 is 15.9 Å². The molecule has 0 saturated heterocycles. The van der Waals surface area contributed by atoms with E-state index >= 15 is 0 Å². The highest BCUT2D eigenvalue weighted by molar-refractivity contribution is 9.09. The SMILES string of the molecule is FC(F)(F)c1cnn(CC(Br)C(F)(F)F)c1. The van der Waals surface area contributed by atoms with Crippen molar-refractivity contribution < 1.29 is 26.3 Å². The Balaban J connectivity index is 2.74. The summed E-state index contributed by atoms with van der Waals surface area (Å²) in [6, 6.07) is 0. The molecule has 2 nitrogen and oxygen atoms in total. The molecule has 0 aromatic carbocycles. The van der Waals surface area contributed by atoms with Crippen LogP contribution in [0.4, 0.5) is 26.3 Å². The first-order chi connectivity index (χ1) is 7.10. The molecular weight excluding hydrogens is 306 g/mol. The first-order valence-electron chi connectivity index (χ1n) is 3.91. The van der Waals surface area contributed by atoms with Crippen molar-refractivity contribution in [2.45, 2.75) is 23.7 Å². The van der Waals surface area contributed by atoms with Gasteiger partial charge in [0.05, 0.1) is 18.3 Å². The molecule has 1 unspecified atom stereocenters. The van der Waals surface area contributed by atoms with Gasteiger partial charge in [-0.05, 0) is 0 Å². The Morgan fingerprint density at radius 1 is 1.25 bits per heavy atom. The monoisotopic (exact) mass is 310 g/mol. The van der Waals surface area contributed by atoms with Crippen molar-refractivity contribution in [3.05, 3.63) is 18.0 Å². The van der Waals surface area contributed by atoms with Crippen LogP contribution in [0.15, 0.2) is 12.4 Å². The van der Waals surface area contributed by atoms with Crippen molar-refractivity contribution in [1.29, 1.82) is 0 Å². The van der Waals surface area contributed by atoms with Gasteiger partial charge in [0.25, 0.3) is 0 Å². The summed E-state index contributed by atoms with van der Waals surface area (Å²) in [5, 5.41) is 3.20. The third kappa shape index (κ3) is 3.39. The van der Waals surface area contributed by atoms with E-state index in [1.807, 2.05) is 0 Å². The largest absolute Gasteiger partial charge is 0.419 e. The normalized spacial score (nSPS) is 15.2. The summed E-state index contributed by atoms with van der Waals surface area (Å²) in [6.45, 7) is -0.709. The van der Waals surface area contributed by atoms with E-state index in [1.165, 1.54) is 0 Å². The molecule has 0 spiro atoms. The van der Waals surface area contributed by atoms with Gasteiger partial charge in [0.2, 0.25) is 0 Å². The topological polar surface area (TPSA) is 17.8 Å². The van der Waals surface area contributed by atoms with Gasteiger partial charge in [-0.1, -0.05) is 15.9 Å². The van der Waals surface area contributed by atoms with Crippen LogP contribution < -0.4 is 0 Å². The Labute approximate surface area is 94.4 Å². The summed E-state index contributed by atoms with van der Waals surface area (Å²) in [7, 11) is 0. The molecule has 92 valence electrons. The molecule has 0 fully saturated rings. The number of nitrogens with zero attached hydrogens (tertiary/aromatic N) is 2. The number of hydrogen-bond donors (Lipinski definition) is 0. The lowest BCUT2D eigenvalue weighted by Crippen LogP contribution is -2.27. The molecule has 0 N–H and O–H groups in total. The second kappa shape index (κ2) is 4.27. The molecule has 0 aliphatic rings. The zero-order chi connectivity index (χ0) is 12.6. The standard InChI is InChI=1S/C7H5BrF6N2/c8-5(7(12,13)14)3-16-2-4(1-15-16)6(9,10)11/h1-2,5H,3H2. The maximum Gasteiger partial charge on any atom is 0.419 e. The van der Waals surface area contributed by atoms with Gasteiger partial charge >= 0.3 is 12.4 Å². The van der Waals surface area contributed by atoms with Crippen LogP contribution in [0.1, 0.15) is 5.56 Å². The molecule has 0 aliphatic carbocycles. The Hall–Kier alpha value is -0.730. The Bertz CT molecular complexity index is 354. The quantitative estimate of drug-likeness (QED) is 0.606. The van der Waals surface area contributed by atoms with E-state index < -0.39 is 29.3 Å². The highest BCUT2D eigenvalue weighted by atomic mass is 79.9. The number of halogens is 7. The fourth-order valence-electron chi connectivity index (χ4n) is 0.878. The van der Waals surface area contributed by atoms with Crippen LogP contribution in [0.3, 0.4) is 0 Å². The highest BCUT2D eigenvalue weighted by Crippen LogP contribution is 2.30. The third-order valence-electron chi connectivity index (χ3n) is 1.66. The molecule has 16 heavy (non-hydrogen) atoms. The van der Waals surface area contributed by atoms with Gasteiger partial charge in [-0.2, -0.15) is 31.4 Å². The predicted octanol–water partition coefficient (Wildman–Crippen LogP) is 3.23. The van der Waals surface area contributed by atoms with Gasteiger partial charge in [0.1, 0.15) is 4.83 Å². The van der Waals surface area contributed by atoms with Crippen LogP contribution in [0.2, 0.25) is 0 Å². The number of rotatable bonds is 2. The minimum absolute atomic E-state index is 0.482. The summed E-state index contributed by atoms with van der Waals surface area (Å²) in [5.74, 6) is 0. The van der Waals surface area contributed by atoms with Crippen LogP contribution in [0.5, 0.6) is 0 Å². The number of aromatic nitrogens is 2. The van der Waals surface area contributed by atoms with E-state index in [4.69, 9.17) is 0 Å². The average molecular weight is 311 g/mol. The Morgan fingerprint density at radius 3 is 2.19 bits per heavy atom. The van der Waals surface area contributed by atoms with Gasteiger partial charge in [-0.25, -0.2) is 0 Å². The highest BCUT2D eigenvalue weighted by Gasteiger charge is 2.38. The van der Waals surface area contributed by atoms with Gasteiger partial charge in [-0.15, -0.1) is 0 Å². The second-order valence-electron chi connectivity index (χ2n) is 2.96. The summed E-state index contributed by atoms with van der Waals surface area (Å²) in [6.07, 6.45) is -8.11. The lowest BCUT2D eigenvalue weighted by Gasteiger charge is -2.13. The van der Waals surface area contributed by atoms with Crippen LogP contribution in [-0.2, 0) is 12.7 Å². The molecule has 0 radical (unpaired) electrons. The van der Waals surface area contributed by atoms with Crippen LogP contribution in [0, 0.1) is 0 Å². The lowest BCUT2D eigenvalue weighted by molar-refractivity contribution is -0.137. The minimum Gasteiger partial charge on any atom is -0.271 e. The van der Waals surface area contributed by atoms with Gasteiger partial charge in [0.15, 0.2) is 0 Å². The van der Waals surface area contributed by atoms with Crippen molar-refractivity contribution in [2.75, 3.05) is 0 Å². The molecule has 9 heteroatoms. The van der Waals surface area contributed by atoms with E-state index in [0.717, 1.165) is 0 Å². The van der Waals surface area contributed by atoms with E-state index in [-0.39, 0.29) is 0 Å². The molecule has 0 amide bonds. The second-order valence-corrected chi connectivity index (χ2v) is 4.06. The van der Waals surface area contributed by atoms with Gasteiger partial charge in [-0.3, -0.25) is 4.68 Å². The van der Waals surface area contributed by atoms with Crippen molar-refractivity contribution in [2.24, 2.45) is 0 Å². The van der Waals surface area contributed by atoms with E-state index in [2.05, 4.69) is 21.0 Å². The van der Waals surface area contributed by atoms with Crippen molar-refractivity contribution in [1.82, 2.24) is 9.78 Å². The van der Waals surface area contributed by atoms with Crippen molar-refractivity contribution in [3.63, 3.8) is 0 Å². The lowest BCUT2D eigenvalue weighted by atomic mass is 10.3. The fraction of sp³-hybridized carbons (Fsp3) is 0.571. The fourth-order valence-corrected chi connectivity index (χ4v) is 1.17. The summed E-state index contributed by atoms with van der Waals surface area (Å²) >= 11 is 2.33. The minimum atomic E-state index is -4.60. The smallest absolute Gasteiger partial charge is 0.271 e. The molecule has 1 atom stereocenters. The van der Waals surface area contributed by atoms with E-state index in [1.54, 1.807) is 0 Å². The van der Waals surface area contributed by atoms with E-state index in [9.17, 15) is 26.3 Å². The third-order valence-corrected chi connectivity index (χ3v) is 2.47. The van der Waals surface area contributed by atoms with Gasteiger partial charge < -0.3 is 0 Å². The number of hydrogen-bond acceptors (Lipinski definition) is 1. The molecule has 1 aromatic rings. The summed E-state index contributed by atoms with van der Waals surface area (Å²) in [5.41, 5.74) is -1.07. The molecule has 1 heterocycles. The molecule has 0 aliphatic heterocycles. The maximum absolute atomic E-state index is 12.1. The molecule has 1 aromatic heterocycles. The molecule has 1 rings (SSSR count). The van der Waals surface area contributed by atoms with Crippen LogP contribution in [-0.4, -0.2) is 20.8 Å². The molecular formula is C7H5BrF6N2. The Morgan fingerprint density at radius 2 is 1.81 bits per heavy atom. The first kappa shape index (κ1) is 13.3. The summed E-state index contributed by atoms with van der Waals surface area (Å²) in [4.78, 5) is -1.93. The zero-order valence-electron chi connectivity index (χ0n) is 7.48. The van der Waals surface area contributed by atoms with Crippen molar-refractivity contribution >= 4 is 15.9 Å². The maximum atomic E-state index is 12.1. The number of alkyl halides is 7. The average Bonchev–Trinajstić information content (AvgIpc) is 2.49. The van der Waals surface area contributed by atoms with Gasteiger partial charge in [0, 0.05) is 6.20 Å². The zero-order valence-corrected chi connectivity index (χ0v) is 9.07. The first-order valence-corrected chi connectivity index (χ1v) is 4.82.